The number of fused-ring (bicyclic) bond motifs is 8. The van der Waals surface area contributed by atoms with Crippen molar-refractivity contribution in [2.75, 3.05) is 51.5 Å². The van der Waals surface area contributed by atoms with Crippen LogP contribution in [0.2, 0.25) is 0 Å². The third kappa shape index (κ3) is 8.30. The lowest BCUT2D eigenvalue weighted by atomic mass is 10.0. The summed E-state index contributed by atoms with van der Waals surface area (Å²) in [6.07, 6.45) is -11.9. The first kappa shape index (κ1) is 44.4. The molecule has 10 nitrogen and oxygen atoms in total. The van der Waals surface area contributed by atoms with E-state index in [-0.39, 0.29) is 61.4 Å². The summed E-state index contributed by atoms with van der Waals surface area (Å²) in [7, 11) is 0. The normalized spacial score (nSPS) is 18.9. The molecular formula is C41H36F9N9OS2. The topological polar surface area (TPSA) is 101 Å². The van der Waals surface area contributed by atoms with E-state index in [0.29, 0.717) is 42.5 Å². The van der Waals surface area contributed by atoms with Crippen molar-refractivity contribution in [3.63, 3.8) is 0 Å². The Bertz CT molecular complexity index is 2530. The van der Waals surface area contributed by atoms with Crippen LogP contribution in [0.25, 0.3) is 22.5 Å². The van der Waals surface area contributed by atoms with Gasteiger partial charge in [-0.1, -0.05) is 36.4 Å². The number of nitrogens with one attached hydrogen (secondary N) is 2. The van der Waals surface area contributed by atoms with E-state index in [2.05, 4.69) is 35.7 Å². The first-order chi connectivity index (χ1) is 28.5. The maximum Gasteiger partial charge on any atom is 0.442 e. The van der Waals surface area contributed by atoms with Gasteiger partial charge < -0.3 is 20.4 Å². The van der Waals surface area contributed by atoms with Crippen LogP contribution in [0.4, 0.5) is 73.0 Å². The van der Waals surface area contributed by atoms with E-state index in [1.807, 2.05) is 11.0 Å². The van der Waals surface area contributed by atoms with Crippen molar-refractivity contribution < 1.29 is 44.3 Å². The number of rotatable bonds is 4. The van der Waals surface area contributed by atoms with Crippen molar-refractivity contribution >= 4 is 61.7 Å². The van der Waals surface area contributed by atoms with Gasteiger partial charge in [-0.3, -0.25) is 4.90 Å². The van der Waals surface area contributed by atoms with Crippen molar-refractivity contribution in [2.24, 2.45) is 10.2 Å². The summed E-state index contributed by atoms with van der Waals surface area (Å²) in [6, 6.07) is 21.8. The Labute approximate surface area is 362 Å². The molecule has 2 saturated heterocycles. The molecule has 0 aliphatic carbocycles. The van der Waals surface area contributed by atoms with Crippen LogP contribution in [0.3, 0.4) is 0 Å². The Morgan fingerprint density at radius 2 is 1.26 bits per heavy atom. The molecule has 0 spiro atoms. The monoisotopic (exact) mass is 905 g/mol. The Kier molecular flexibility index (Phi) is 11.6. The van der Waals surface area contributed by atoms with Gasteiger partial charge in [0, 0.05) is 54.6 Å². The molecule has 0 saturated carbocycles. The van der Waals surface area contributed by atoms with Crippen LogP contribution >= 0.6 is 27.0 Å². The summed E-state index contributed by atoms with van der Waals surface area (Å²) >= 11 is 0. The zero-order valence-electron chi connectivity index (χ0n) is 32.1. The first-order valence-corrected chi connectivity index (χ1v) is 18.8. The van der Waals surface area contributed by atoms with Crippen LogP contribution in [0, 0.1) is 0 Å². The molecule has 2 aromatic heterocycles. The van der Waals surface area contributed by atoms with Crippen molar-refractivity contribution in [2.45, 2.75) is 49.1 Å². The van der Waals surface area contributed by atoms with Gasteiger partial charge in [-0.2, -0.15) is 66.5 Å². The second kappa shape index (κ2) is 16.2. The van der Waals surface area contributed by atoms with Gasteiger partial charge in [0.05, 0.1) is 39.9 Å². The summed E-state index contributed by atoms with van der Waals surface area (Å²) in [4.78, 5) is 28.3. The third-order valence-electron chi connectivity index (χ3n) is 11.1. The molecule has 5 aromatic rings. The molecule has 5 aliphatic rings. The summed E-state index contributed by atoms with van der Waals surface area (Å²) in [5.74, 6) is 1.03. The van der Waals surface area contributed by atoms with E-state index >= 15 is 0 Å². The fraction of sp³-hybridized carbons (Fsp3) is 0.293. The predicted molar refractivity (Wildman–Crippen MR) is 225 cm³/mol. The molecule has 62 heavy (non-hydrogen) atoms. The maximum atomic E-state index is 13.5. The number of nitrogens with zero attached hydrogens (tertiary/aromatic N) is 7. The highest BCUT2D eigenvalue weighted by Gasteiger charge is 2.65. The van der Waals surface area contributed by atoms with Crippen molar-refractivity contribution in [3.8, 4) is 22.5 Å². The predicted octanol–water partition coefficient (Wildman–Crippen LogP) is 10.6. The minimum atomic E-state index is -4.71. The highest BCUT2D eigenvalue weighted by Crippen LogP contribution is 2.53. The van der Waals surface area contributed by atoms with Gasteiger partial charge in [-0.15, -0.1) is 10.2 Å². The number of benzene rings is 3. The van der Waals surface area contributed by atoms with Crippen LogP contribution in [-0.4, -0.2) is 60.4 Å². The zero-order chi connectivity index (χ0) is 42.2. The van der Waals surface area contributed by atoms with Gasteiger partial charge in [-0.05, 0) is 73.5 Å². The largest absolute Gasteiger partial charge is 0.442 e. The highest BCUT2D eigenvalue weighted by atomic mass is 32.1. The number of hydrogen-bond acceptors (Lipinski definition) is 8. The number of hydrogen-bond donors (Lipinski definition) is 2. The van der Waals surface area contributed by atoms with Gasteiger partial charge in [-0.25, -0.2) is 14.8 Å². The van der Waals surface area contributed by atoms with E-state index in [4.69, 9.17) is 0 Å². The number of anilines is 5. The van der Waals surface area contributed by atoms with Crippen LogP contribution in [0.1, 0.15) is 29.5 Å². The van der Waals surface area contributed by atoms with E-state index in [0.717, 1.165) is 55.3 Å². The van der Waals surface area contributed by atoms with Crippen LogP contribution < -0.4 is 25.3 Å². The quantitative estimate of drug-likeness (QED) is 0.174. The Morgan fingerprint density at radius 3 is 1.87 bits per heavy atom. The van der Waals surface area contributed by atoms with Crippen molar-refractivity contribution in [1.29, 1.82) is 0 Å². The molecule has 5 aliphatic heterocycles. The number of amides is 2. The average Bonchev–Trinajstić information content (AvgIpc) is 3.83. The second-order valence-electron chi connectivity index (χ2n) is 15.0. The van der Waals surface area contributed by atoms with Gasteiger partial charge in [0.1, 0.15) is 0 Å². The summed E-state index contributed by atoms with van der Waals surface area (Å²) in [5.41, 5.74) is -1.01. The molecule has 0 radical (unpaired) electrons. The van der Waals surface area contributed by atoms with E-state index in [1.54, 1.807) is 24.3 Å². The van der Waals surface area contributed by atoms with Gasteiger partial charge in [0.15, 0.2) is 11.6 Å². The molecular weight excluding hydrogens is 870 g/mol. The Morgan fingerprint density at radius 1 is 0.677 bits per heavy atom. The lowest BCUT2D eigenvalue weighted by Crippen LogP contribution is -2.48. The third-order valence-corrected chi connectivity index (χ3v) is 11.1. The lowest BCUT2D eigenvalue weighted by Gasteiger charge is -2.36. The summed E-state index contributed by atoms with van der Waals surface area (Å²) in [6.45, 7) is 3.14. The number of pyridine rings is 2. The zero-order valence-corrected chi connectivity index (χ0v) is 34.1. The van der Waals surface area contributed by atoms with Gasteiger partial charge >= 0.3 is 30.2 Å². The molecule has 2 N–H and O–H groups in total. The van der Waals surface area contributed by atoms with Crippen LogP contribution in [-0.2, 0) is 18.0 Å². The minimum Gasteiger partial charge on any atom is -0.366 e. The van der Waals surface area contributed by atoms with E-state index < -0.39 is 41.3 Å². The molecule has 326 valence electrons. The second-order valence-corrected chi connectivity index (χ2v) is 15.0. The molecule has 7 heterocycles. The average molecular weight is 906 g/mol. The van der Waals surface area contributed by atoms with E-state index in [1.165, 1.54) is 47.4 Å². The SMILES string of the molecule is FC(F)(F)c1cccc(-c2ccc3c(n2)N[C@H]2CCN3C2)c1.O=C(Nc1cccc(C2(C(F)(F)F)N=N2)c1)N1c2nc(-c3cccc(C(F)(F)F)c3)ccc2N2CC[C@H]1C2.S.S. The van der Waals surface area contributed by atoms with Gasteiger partial charge in [0.25, 0.3) is 0 Å². The van der Waals surface area contributed by atoms with Crippen LogP contribution in [0.5, 0.6) is 0 Å². The highest BCUT2D eigenvalue weighted by molar-refractivity contribution is 7.59. The fourth-order valence-corrected chi connectivity index (χ4v) is 8.05. The minimum absolute atomic E-state index is 0. The maximum absolute atomic E-state index is 13.5. The molecule has 21 heteroatoms. The standard InChI is InChI=1S/C25H18F6N6O.C16H14F3N3.2H2S/c26-24(27,28)16-5-1-3-14(11-16)19-7-8-20-21(33-19)37(18-9-10-36(20)13-18)22(38)32-17-6-2-4-15(12-17)23(34-35-23)25(29,30)31;17-16(18,19)11-3-1-2-10(8-11)13-4-5-14-15(21-13)20-12-6-7-22(14)9-12;;/h1-8,11-12,18H,9-10,13H2,(H,32,38);1-5,8,12H,6-7,9H2,(H,20,21);2*1H2/t18-;12-;;/m00../s1. The van der Waals surface area contributed by atoms with E-state index in [9.17, 15) is 44.3 Å². The summed E-state index contributed by atoms with van der Waals surface area (Å²) in [5, 5.41) is 12.4. The first-order valence-electron chi connectivity index (χ1n) is 18.8. The Hall–Kier alpha value is -5.70. The molecule has 3 aromatic carbocycles. The summed E-state index contributed by atoms with van der Waals surface area (Å²) < 4.78 is 119. The molecule has 2 fully saturated rings. The molecule has 2 amide bonds. The molecule has 10 rings (SSSR count). The number of aromatic nitrogens is 2. The van der Waals surface area contributed by atoms with Gasteiger partial charge in [0.2, 0.25) is 0 Å². The number of halogens is 9. The number of alkyl halides is 9. The molecule has 2 atom stereocenters. The van der Waals surface area contributed by atoms with Crippen molar-refractivity contribution in [1.82, 2.24) is 9.97 Å². The molecule has 4 bridgehead atoms. The van der Waals surface area contributed by atoms with Crippen LogP contribution in [0.15, 0.2) is 107 Å². The Balaban J connectivity index is 0.000000205. The smallest absolute Gasteiger partial charge is 0.366 e. The molecule has 0 unspecified atom stereocenters. The number of urea groups is 1. The van der Waals surface area contributed by atoms with Crippen molar-refractivity contribution in [3.05, 3.63) is 114 Å². The lowest BCUT2D eigenvalue weighted by molar-refractivity contribution is -0.166. The fourth-order valence-electron chi connectivity index (χ4n) is 8.05. The number of carbonyl (C=O) groups excluding carboxylic acids is 1. The number of carbonyl (C=O) groups is 1.